The minimum atomic E-state index is -2.40. The van der Waals surface area contributed by atoms with Crippen LogP contribution in [0, 0.1) is 12.8 Å². The van der Waals surface area contributed by atoms with Crippen LogP contribution in [0.1, 0.15) is 43.2 Å². The number of allylic oxidation sites excluding steroid dienone is 4. The van der Waals surface area contributed by atoms with Crippen LogP contribution >= 0.6 is 0 Å². The summed E-state index contributed by atoms with van der Waals surface area (Å²) in [5.74, 6) is 0.708. The highest BCUT2D eigenvalue weighted by molar-refractivity contribution is 7.73. The van der Waals surface area contributed by atoms with Crippen LogP contribution in [0.15, 0.2) is 40.5 Å². The molecule has 25 heavy (non-hydrogen) atoms. The monoisotopic (exact) mass is 361 g/mol. The molecule has 6 heteroatoms. The minimum Gasteiger partial charge on any atom is -0.492 e. The topological polar surface area (TPSA) is 65.4 Å². The molecule has 1 unspecified atom stereocenters. The lowest BCUT2D eigenvalue weighted by Gasteiger charge is -2.23. The summed E-state index contributed by atoms with van der Waals surface area (Å²) in [6.45, 7) is 4.20. The van der Waals surface area contributed by atoms with Gasteiger partial charge in [-0.25, -0.2) is 0 Å². The second-order valence-electron chi connectivity index (χ2n) is 6.95. The molecule has 0 spiro atoms. The van der Waals surface area contributed by atoms with E-state index in [1.165, 1.54) is 17.4 Å². The smallest absolute Gasteiger partial charge is 0.253 e. The van der Waals surface area contributed by atoms with Gasteiger partial charge in [-0.05, 0) is 43.9 Å². The highest BCUT2D eigenvalue weighted by Gasteiger charge is 2.28. The fourth-order valence-electron chi connectivity index (χ4n) is 3.19. The van der Waals surface area contributed by atoms with Gasteiger partial charge in [0.25, 0.3) is 5.56 Å². The lowest BCUT2D eigenvalue weighted by molar-refractivity contribution is 0.220. The van der Waals surface area contributed by atoms with Gasteiger partial charge >= 0.3 is 0 Å². The van der Waals surface area contributed by atoms with Crippen molar-refractivity contribution in [2.24, 2.45) is 13.0 Å². The highest BCUT2D eigenvalue weighted by Crippen LogP contribution is 2.33. The predicted octanol–water partition coefficient (Wildman–Crippen LogP) is 2.49. The van der Waals surface area contributed by atoms with Crippen LogP contribution in [0.4, 0.5) is 0 Å². The number of rotatable bonds is 5. The standard InChI is InChI=1S/C19H23NO4S/c1-12-8-16(15-10-13(2)19(21)20(3)11-15)18(25(22)23)17(9-12)24-7-6-14-4-5-14/h8-11,14,16H,4-7H2,1-3H3. The van der Waals surface area contributed by atoms with Crippen LogP contribution in [-0.4, -0.2) is 24.5 Å². The quantitative estimate of drug-likeness (QED) is 0.756. The number of hydrogen-bond acceptors (Lipinski definition) is 4. The van der Waals surface area contributed by atoms with Gasteiger partial charge < -0.3 is 9.30 Å². The maximum atomic E-state index is 11.9. The molecule has 0 amide bonds. The van der Waals surface area contributed by atoms with Gasteiger partial charge in [0.15, 0.2) is 0 Å². The van der Waals surface area contributed by atoms with Gasteiger partial charge in [0.2, 0.25) is 10.3 Å². The van der Waals surface area contributed by atoms with Crippen molar-refractivity contribution in [3.05, 3.63) is 57.2 Å². The molecule has 3 rings (SSSR count). The van der Waals surface area contributed by atoms with E-state index in [-0.39, 0.29) is 10.4 Å². The van der Waals surface area contributed by atoms with Crippen molar-refractivity contribution >= 4 is 15.2 Å². The molecule has 1 saturated carbocycles. The summed E-state index contributed by atoms with van der Waals surface area (Å²) in [7, 11) is -0.728. The number of hydrogen-bond donors (Lipinski definition) is 0. The van der Waals surface area contributed by atoms with Crippen molar-refractivity contribution in [3.63, 3.8) is 0 Å². The third kappa shape index (κ3) is 3.95. The lowest BCUT2D eigenvalue weighted by atomic mass is 9.89. The first-order valence-electron chi connectivity index (χ1n) is 8.53. The Morgan fingerprint density at radius 3 is 2.60 bits per heavy atom. The van der Waals surface area contributed by atoms with Gasteiger partial charge in [0.1, 0.15) is 10.6 Å². The number of pyridine rings is 1. The van der Waals surface area contributed by atoms with Gasteiger partial charge in [-0.2, -0.15) is 8.42 Å². The summed E-state index contributed by atoms with van der Waals surface area (Å²) in [4.78, 5) is 12.2. The van der Waals surface area contributed by atoms with Crippen LogP contribution in [0.5, 0.6) is 0 Å². The van der Waals surface area contributed by atoms with E-state index in [0.29, 0.717) is 17.9 Å². The van der Waals surface area contributed by atoms with Crippen molar-refractivity contribution in [1.29, 1.82) is 0 Å². The Labute approximate surface area is 149 Å². The van der Waals surface area contributed by atoms with Gasteiger partial charge in [-0.3, -0.25) is 4.79 Å². The Morgan fingerprint density at radius 2 is 2.00 bits per heavy atom. The summed E-state index contributed by atoms with van der Waals surface area (Å²) in [5.41, 5.74) is 2.23. The SMILES string of the molecule is CC1=CC(c2cc(C)c(=O)n(C)c2)C(=S(=O)=O)C(OCCC2CC2)=C1. The first kappa shape index (κ1) is 17.7. The summed E-state index contributed by atoms with van der Waals surface area (Å²) < 4.78 is 31.2. The molecule has 1 fully saturated rings. The largest absolute Gasteiger partial charge is 0.492 e. The van der Waals surface area contributed by atoms with Crippen LogP contribution in [0.2, 0.25) is 0 Å². The molecule has 1 aromatic rings. The van der Waals surface area contributed by atoms with E-state index in [1.807, 2.05) is 13.0 Å². The molecule has 2 aliphatic carbocycles. The second kappa shape index (κ2) is 7.04. The van der Waals surface area contributed by atoms with Crippen molar-refractivity contribution in [2.75, 3.05) is 6.61 Å². The predicted molar refractivity (Wildman–Crippen MR) is 98.2 cm³/mol. The number of ether oxygens (including phenoxy) is 1. The second-order valence-corrected chi connectivity index (χ2v) is 7.86. The van der Waals surface area contributed by atoms with Gasteiger partial charge in [-0.15, -0.1) is 0 Å². The highest BCUT2D eigenvalue weighted by atomic mass is 32.2. The third-order valence-corrected chi connectivity index (χ3v) is 5.53. The fourth-order valence-corrected chi connectivity index (χ4v) is 3.88. The zero-order valence-corrected chi connectivity index (χ0v) is 15.6. The molecule has 0 bridgehead atoms. The maximum Gasteiger partial charge on any atom is 0.253 e. The molecular formula is C19H23NO4S. The van der Waals surface area contributed by atoms with E-state index in [1.54, 1.807) is 32.3 Å². The molecule has 0 radical (unpaired) electrons. The Hall–Kier alpha value is -2.08. The van der Waals surface area contributed by atoms with Crippen LogP contribution in [0.3, 0.4) is 0 Å². The molecule has 0 aliphatic heterocycles. The molecule has 0 N–H and O–H groups in total. The molecular weight excluding hydrogens is 338 g/mol. The van der Waals surface area contributed by atoms with E-state index >= 15 is 0 Å². The van der Waals surface area contributed by atoms with Crippen LogP contribution < -0.4 is 5.56 Å². The molecule has 0 saturated heterocycles. The third-order valence-electron chi connectivity index (χ3n) is 4.72. The summed E-state index contributed by atoms with van der Waals surface area (Å²) in [5, 5.41) is 0. The van der Waals surface area contributed by atoms with E-state index in [2.05, 4.69) is 0 Å². The Balaban J connectivity index is 1.97. The molecule has 0 aromatic carbocycles. The van der Waals surface area contributed by atoms with Crippen LogP contribution in [0.25, 0.3) is 0 Å². The number of aryl methyl sites for hydroxylation is 2. The minimum absolute atomic E-state index is 0.0819. The van der Waals surface area contributed by atoms with Crippen molar-refractivity contribution in [3.8, 4) is 0 Å². The Bertz CT molecular complexity index is 912. The van der Waals surface area contributed by atoms with Crippen LogP contribution in [-0.2, 0) is 22.1 Å². The van der Waals surface area contributed by atoms with Gasteiger partial charge in [-0.1, -0.05) is 24.5 Å². The number of nitrogens with zero attached hydrogens (tertiary/aromatic N) is 1. The zero-order valence-electron chi connectivity index (χ0n) is 14.8. The molecule has 1 aromatic heterocycles. The molecule has 5 nitrogen and oxygen atoms in total. The summed E-state index contributed by atoms with van der Waals surface area (Å²) >= 11 is 0. The molecule has 1 atom stereocenters. The van der Waals surface area contributed by atoms with Crippen molar-refractivity contribution < 1.29 is 13.2 Å². The van der Waals surface area contributed by atoms with E-state index < -0.39 is 16.2 Å². The zero-order chi connectivity index (χ0) is 18.1. The maximum absolute atomic E-state index is 11.9. The first-order valence-corrected chi connectivity index (χ1v) is 9.61. The normalized spacial score (nSPS) is 20.1. The van der Waals surface area contributed by atoms with E-state index in [0.717, 1.165) is 23.5 Å². The summed E-state index contributed by atoms with van der Waals surface area (Å²) in [6, 6.07) is 1.76. The molecule has 134 valence electrons. The van der Waals surface area contributed by atoms with E-state index in [9.17, 15) is 13.2 Å². The average Bonchev–Trinajstić information content (AvgIpc) is 3.35. The van der Waals surface area contributed by atoms with Gasteiger partial charge in [0, 0.05) is 24.7 Å². The molecule has 1 heterocycles. The Kier molecular flexibility index (Phi) is 4.99. The number of aromatic nitrogens is 1. The summed E-state index contributed by atoms with van der Waals surface area (Å²) in [6.07, 6.45) is 8.82. The van der Waals surface area contributed by atoms with E-state index in [4.69, 9.17) is 4.74 Å². The molecule has 2 aliphatic rings. The fraction of sp³-hybridized carbons (Fsp3) is 0.474. The van der Waals surface area contributed by atoms with Crippen molar-refractivity contribution in [2.45, 2.75) is 39.0 Å². The van der Waals surface area contributed by atoms with Crippen molar-refractivity contribution in [1.82, 2.24) is 4.57 Å². The van der Waals surface area contributed by atoms with Gasteiger partial charge in [0.05, 0.1) is 6.61 Å². The lowest BCUT2D eigenvalue weighted by Crippen LogP contribution is -2.24. The Morgan fingerprint density at radius 1 is 1.28 bits per heavy atom. The average molecular weight is 361 g/mol. The first-order chi connectivity index (χ1) is 11.9.